The van der Waals surface area contributed by atoms with Crippen molar-refractivity contribution in [3.05, 3.63) is 0 Å². The van der Waals surface area contributed by atoms with Crippen molar-refractivity contribution in [3.8, 4) is 0 Å². The number of likely N-dealkylation sites (tertiary alicyclic amines) is 1. The van der Waals surface area contributed by atoms with E-state index in [-0.39, 0.29) is 12.0 Å². The topological polar surface area (TPSA) is 43.8 Å². The lowest BCUT2D eigenvalue weighted by Crippen LogP contribution is -2.40. The van der Waals surface area contributed by atoms with Crippen LogP contribution in [-0.2, 0) is 4.79 Å². The molecule has 2 rings (SSSR count). The van der Waals surface area contributed by atoms with Gasteiger partial charge in [0.25, 0.3) is 0 Å². The number of amides is 1. The van der Waals surface area contributed by atoms with Gasteiger partial charge in [0.2, 0.25) is 5.91 Å². The van der Waals surface area contributed by atoms with Gasteiger partial charge in [0.1, 0.15) is 0 Å². The largest absolute Gasteiger partial charge is 0.392 e. The van der Waals surface area contributed by atoms with Crippen LogP contribution in [0.3, 0.4) is 0 Å². The fraction of sp³-hybridized carbons (Fsp3) is 0.909. The Morgan fingerprint density at radius 2 is 2.20 bits per heavy atom. The Morgan fingerprint density at radius 1 is 1.47 bits per heavy atom. The molecule has 0 bridgehead atoms. The Labute approximate surface area is 90.9 Å². The Morgan fingerprint density at radius 3 is 2.67 bits per heavy atom. The zero-order chi connectivity index (χ0) is 10.8. The lowest BCUT2D eigenvalue weighted by Gasteiger charge is -2.23. The van der Waals surface area contributed by atoms with Gasteiger partial charge in [-0.05, 0) is 26.2 Å². The molecule has 1 aliphatic carbocycles. The van der Waals surface area contributed by atoms with Gasteiger partial charge in [-0.25, -0.2) is 0 Å². The maximum atomic E-state index is 11.9. The van der Waals surface area contributed by atoms with E-state index in [1.165, 1.54) is 12.8 Å². The first-order valence-electron chi connectivity index (χ1n) is 5.90. The summed E-state index contributed by atoms with van der Waals surface area (Å²) in [6.07, 6.45) is 2.92. The molecule has 0 aromatic heterocycles. The summed E-state index contributed by atoms with van der Waals surface area (Å²) < 4.78 is 0. The molecule has 2 fully saturated rings. The van der Waals surface area contributed by atoms with Crippen molar-refractivity contribution >= 4 is 5.91 Å². The lowest BCUT2D eigenvalue weighted by atomic mass is 10.3. The average molecular weight is 212 g/mol. The van der Waals surface area contributed by atoms with E-state index >= 15 is 0 Å². The number of carbonyl (C=O) groups is 1. The van der Waals surface area contributed by atoms with Crippen LogP contribution in [0.25, 0.3) is 0 Å². The first kappa shape index (κ1) is 10.9. The van der Waals surface area contributed by atoms with Crippen LogP contribution in [-0.4, -0.2) is 59.1 Å². The zero-order valence-corrected chi connectivity index (χ0v) is 9.35. The van der Waals surface area contributed by atoms with Crippen molar-refractivity contribution in [1.29, 1.82) is 0 Å². The van der Waals surface area contributed by atoms with E-state index < -0.39 is 0 Å². The number of hydrogen-bond acceptors (Lipinski definition) is 3. The highest BCUT2D eigenvalue weighted by Crippen LogP contribution is 2.26. The molecule has 0 aromatic carbocycles. The molecule has 1 unspecified atom stereocenters. The second-order valence-electron chi connectivity index (χ2n) is 4.59. The summed E-state index contributed by atoms with van der Waals surface area (Å²) in [5.74, 6) is 0.231. The van der Waals surface area contributed by atoms with Gasteiger partial charge in [0.05, 0.1) is 12.6 Å². The SMILES string of the molecule is CCN(C(=O)CN1CCC(O)C1)C1CC1. The van der Waals surface area contributed by atoms with Crippen LogP contribution in [0.4, 0.5) is 0 Å². The van der Waals surface area contributed by atoms with Gasteiger partial charge in [0.15, 0.2) is 0 Å². The van der Waals surface area contributed by atoms with Gasteiger partial charge in [-0.2, -0.15) is 0 Å². The average Bonchev–Trinajstić information content (AvgIpc) is 2.93. The molecular formula is C11H20N2O2. The van der Waals surface area contributed by atoms with Crippen molar-refractivity contribution in [1.82, 2.24) is 9.80 Å². The van der Waals surface area contributed by atoms with Crippen LogP contribution in [0, 0.1) is 0 Å². The Kier molecular flexibility index (Phi) is 3.26. The number of likely N-dealkylation sites (N-methyl/N-ethyl adjacent to an activating group) is 1. The number of nitrogens with zero attached hydrogens (tertiary/aromatic N) is 2. The van der Waals surface area contributed by atoms with Crippen LogP contribution in [0.5, 0.6) is 0 Å². The van der Waals surface area contributed by atoms with Crippen LogP contribution in [0.1, 0.15) is 26.2 Å². The van der Waals surface area contributed by atoms with E-state index in [9.17, 15) is 9.90 Å². The predicted molar refractivity (Wildman–Crippen MR) is 57.5 cm³/mol. The van der Waals surface area contributed by atoms with Gasteiger partial charge in [-0.3, -0.25) is 9.69 Å². The van der Waals surface area contributed by atoms with Crippen molar-refractivity contribution in [2.45, 2.75) is 38.3 Å². The first-order valence-corrected chi connectivity index (χ1v) is 5.90. The quantitative estimate of drug-likeness (QED) is 0.717. The van der Waals surface area contributed by atoms with E-state index in [4.69, 9.17) is 0 Å². The fourth-order valence-electron chi connectivity index (χ4n) is 2.26. The molecule has 1 saturated heterocycles. The van der Waals surface area contributed by atoms with E-state index in [0.29, 0.717) is 19.1 Å². The van der Waals surface area contributed by atoms with Crippen molar-refractivity contribution in [2.24, 2.45) is 0 Å². The van der Waals surface area contributed by atoms with Gasteiger partial charge in [0, 0.05) is 25.7 Å². The summed E-state index contributed by atoms with van der Waals surface area (Å²) in [4.78, 5) is 16.0. The maximum absolute atomic E-state index is 11.9. The third-order valence-electron chi connectivity index (χ3n) is 3.26. The zero-order valence-electron chi connectivity index (χ0n) is 9.35. The molecule has 0 aromatic rings. The summed E-state index contributed by atoms with van der Waals surface area (Å²) in [7, 11) is 0. The fourth-order valence-corrected chi connectivity index (χ4v) is 2.26. The Bertz CT molecular complexity index is 241. The van der Waals surface area contributed by atoms with E-state index in [0.717, 1.165) is 19.5 Å². The maximum Gasteiger partial charge on any atom is 0.236 e. The summed E-state index contributed by atoms with van der Waals surface area (Å²) >= 11 is 0. The predicted octanol–water partition coefficient (Wildman–Crippen LogP) is 0.0639. The van der Waals surface area contributed by atoms with Gasteiger partial charge < -0.3 is 10.0 Å². The Hall–Kier alpha value is -0.610. The van der Waals surface area contributed by atoms with Crippen LogP contribution >= 0.6 is 0 Å². The van der Waals surface area contributed by atoms with Gasteiger partial charge in [-0.15, -0.1) is 0 Å². The number of aliphatic hydroxyl groups excluding tert-OH is 1. The van der Waals surface area contributed by atoms with Crippen LogP contribution in [0.15, 0.2) is 0 Å². The highest BCUT2D eigenvalue weighted by atomic mass is 16.3. The number of β-amino-alcohol motifs (C(OH)–C–C–N with tert-alkyl or cyclic N) is 1. The number of rotatable bonds is 4. The van der Waals surface area contributed by atoms with Crippen LogP contribution in [0.2, 0.25) is 0 Å². The van der Waals surface area contributed by atoms with Crippen molar-refractivity contribution in [3.63, 3.8) is 0 Å². The van der Waals surface area contributed by atoms with Gasteiger partial charge in [-0.1, -0.05) is 0 Å². The highest BCUT2D eigenvalue weighted by molar-refractivity contribution is 5.79. The minimum atomic E-state index is -0.228. The molecule has 1 amide bonds. The minimum Gasteiger partial charge on any atom is -0.392 e. The molecule has 15 heavy (non-hydrogen) atoms. The molecule has 0 radical (unpaired) electrons. The van der Waals surface area contributed by atoms with E-state index in [2.05, 4.69) is 4.90 Å². The lowest BCUT2D eigenvalue weighted by molar-refractivity contribution is -0.132. The molecule has 2 aliphatic rings. The summed E-state index contributed by atoms with van der Waals surface area (Å²) in [5.41, 5.74) is 0. The molecule has 1 N–H and O–H groups in total. The number of carbonyl (C=O) groups excluding carboxylic acids is 1. The molecule has 0 spiro atoms. The van der Waals surface area contributed by atoms with Crippen molar-refractivity contribution < 1.29 is 9.90 Å². The summed E-state index contributed by atoms with van der Waals surface area (Å²) in [6, 6.07) is 0.509. The van der Waals surface area contributed by atoms with Gasteiger partial charge >= 0.3 is 0 Å². The highest BCUT2D eigenvalue weighted by Gasteiger charge is 2.32. The monoisotopic (exact) mass is 212 g/mol. The standard InChI is InChI=1S/C11H20N2O2/c1-2-13(9-3-4-9)11(15)8-12-6-5-10(14)7-12/h9-10,14H,2-8H2,1H3. The smallest absolute Gasteiger partial charge is 0.236 e. The Balaban J connectivity index is 1.80. The molecule has 4 heteroatoms. The van der Waals surface area contributed by atoms with E-state index in [1.807, 2.05) is 11.8 Å². The third kappa shape index (κ3) is 2.69. The molecule has 86 valence electrons. The normalized spacial score (nSPS) is 26.9. The molecule has 1 atom stereocenters. The molecule has 4 nitrogen and oxygen atoms in total. The van der Waals surface area contributed by atoms with Crippen LogP contribution < -0.4 is 0 Å². The molecular weight excluding hydrogens is 192 g/mol. The van der Waals surface area contributed by atoms with E-state index in [1.54, 1.807) is 0 Å². The number of hydrogen-bond donors (Lipinski definition) is 1. The molecule has 1 aliphatic heterocycles. The first-order chi connectivity index (χ1) is 7.20. The molecule has 1 saturated carbocycles. The molecule has 1 heterocycles. The summed E-state index contributed by atoms with van der Waals surface area (Å²) in [6.45, 7) is 4.86. The van der Waals surface area contributed by atoms with Crippen molar-refractivity contribution in [2.75, 3.05) is 26.2 Å². The second kappa shape index (κ2) is 4.49. The summed E-state index contributed by atoms with van der Waals surface area (Å²) in [5, 5.41) is 9.36. The minimum absolute atomic E-state index is 0.228. The third-order valence-corrected chi connectivity index (χ3v) is 3.26. The number of aliphatic hydroxyl groups is 1. The second-order valence-corrected chi connectivity index (χ2v) is 4.59.